The number of alkyl halides is 3. The van der Waals surface area contributed by atoms with Gasteiger partial charge in [-0.1, -0.05) is 47.8 Å². The molecule has 0 spiro atoms. The summed E-state index contributed by atoms with van der Waals surface area (Å²) >= 11 is 9.94. The lowest BCUT2D eigenvalue weighted by Gasteiger charge is -2.30. The number of benzene rings is 3. The van der Waals surface area contributed by atoms with E-state index >= 15 is 0 Å². The molecule has 0 unspecified atom stereocenters. The zero-order chi connectivity index (χ0) is 33.8. The number of hydrogen-bond donors (Lipinski definition) is 4. The SMILES string of the molecule is CNc1cc(Br)cc2c1C(=O)N(CC(F)(F)F)CC2.CNc1cc(Br)cc2c1C(=O)NCC2.O=C1NCCc2cc(Br)cc(F)c21. The maximum absolute atomic E-state index is 13.3. The van der Waals surface area contributed by atoms with Crippen LogP contribution >= 0.6 is 47.8 Å². The van der Waals surface area contributed by atoms with Crippen molar-refractivity contribution in [1.29, 1.82) is 0 Å². The quantitative estimate of drug-likeness (QED) is 0.220. The van der Waals surface area contributed by atoms with E-state index in [4.69, 9.17) is 0 Å². The van der Waals surface area contributed by atoms with Crippen LogP contribution in [0.5, 0.6) is 0 Å². The van der Waals surface area contributed by atoms with Crippen LogP contribution in [0.2, 0.25) is 0 Å². The first kappa shape index (κ1) is 35.7. The number of halogens is 7. The van der Waals surface area contributed by atoms with Crippen molar-refractivity contribution in [3.05, 3.63) is 89.0 Å². The van der Waals surface area contributed by atoms with Crippen LogP contribution in [0.15, 0.2) is 49.8 Å². The predicted octanol–water partition coefficient (Wildman–Crippen LogP) is 6.70. The molecule has 0 aliphatic carbocycles. The Balaban J connectivity index is 0.000000160. The maximum atomic E-state index is 13.3. The Bertz CT molecular complexity index is 1640. The molecule has 246 valence electrons. The maximum Gasteiger partial charge on any atom is 0.406 e. The van der Waals surface area contributed by atoms with Gasteiger partial charge < -0.3 is 26.2 Å². The van der Waals surface area contributed by atoms with Crippen LogP contribution < -0.4 is 21.3 Å². The average Bonchev–Trinajstić information content (AvgIpc) is 2.97. The minimum Gasteiger partial charge on any atom is -0.387 e. The molecule has 0 saturated carbocycles. The normalized spacial score (nSPS) is 15.1. The predicted molar refractivity (Wildman–Crippen MR) is 179 cm³/mol. The Hall–Kier alpha value is -3.17. The number of amides is 3. The molecule has 3 aliphatic rings. The van der Waals surface area contributed by atoms with Gasteiger partial charge in [0.25, 0.3) is 17.7 Å². The third-order valence-electron chi connectivity index (χ3n) is 7.38. The Labute approximate surface area is 288 Å². The summed E-state index contributed by atoms with van der Waals surface area (Å²) in [5.74, 6) is -1.33. The van der Waals surface area contributed by atoms with Crippen LogP contribution in [-0.4, -0.2) is 69.1 Å². The van der Waals surface area contributed by atoms with E-state index in [2.05, 4.69) is 69.1 Å². The van der Waals surface area contributed by atoms with E-state index in [1.807, 2.05) is 19.2 Å². The largest absolute Gasteiger partial charge is 0.406 e. The number of fused-ring (bicyclic) bond motifs is 3. The number of nitrogens with zero attached hydrogens (tertiary/aromatic N) is 1. The third-order valence-corrected chi connectivity index (χ3v) is 8.75. The molecule has 3 aromatic carbocycles. The highest BCUT2D eigenvalue weighted by molar-refractivity contribution is 9.11. The summed E-state index contributed by atoms with van der Waals surface area (Å²) in [4.78, 5) is 35.9. The molecule has 6 rings (SSSR count). The van der Waals surface area contributed by atoms with Gasteiger partial charge in [0.15, 0.2) is 0 Å². The molecule has 3 aliphatic heterocycles. The first-order valence-electron chi connectivity index (χ1n) is 14.1. The lowest BCUT2D eigenvalue weighted by atomic mass is 9.97. The third kappa shape index (κ3) is 8.59. The van der Waals surface area contributed by atoms with Crippen molar-refractivity contribution in [3.63, 3.8) is 0 Å². The number of rotatable bonds is 3. The molecule has 4 N–H and O–H groups in total. The summed E-state index contributed by atoms with van der Waals surface area (Å²) in [6.07, 6.45) is -2.36. The van der Waals surface area contributed by atoms with Crippen molar-refractivity contribution >= 4 is 76.9 Å². The topological polar surface area (TPSA) is 103 Å². The first-order chi connectivity index (χ1) is 21.7. The van der Waals surface area contributed by atoms with Gasteiger partial charge in [0.2, 0.25) is 0 Å². The van der Waals surface area contributed by atoms with Crippen LogP contribution in [0.1, 0.15) is 47.8 Å². The highest BCUT2D eigenvalue weighted by Crippen LogP contribution is 2.32. The van der Waals surface area contributed by atoms with Gasteiger partial charge in [0.1, 0.15) is 12.4 Å². The molecule has 0 saturated heterocycles. The Morgan fingerprint density at radius 2 is 1.17 bits per heavy atom. The Kier molecular flexibility index (Phi) is 11.8. The van der Waals surface area contributed by atoms with Crippen LogP contribution in [0, 0.1) is 5.82 Å². The van der Waals surface area contributed by atoms with Gasteiger partial charge in [-0.2, -0.15) is 13.2 Å². The molecule has 8 nitrogen and oxygen atoms in total. The van der Waals surface area contributed by atoms with Gasteiger partial charge in [0.05, 0.1) is 16.7 Å². The fourth-order valence-electron chi connectivity index (χ4n) is 5.39. The van der Waals surface area contributed by atoms with Crippen molar-refractivity contribution in [2.24, 2.45) is 0 Å². The number of anilines is 2. The average molecular weight is 836 g/mol. The molecule has 46 heavy (non-hydrogen) atoms. The highest BCUT2D eigenvalue weighted by atomic mass is 79.9. The Morgan fingerprint density at radius 3 is 1.70 bits per heavy atom. The van der Waals surface area contributed by atoms with Gasteiger partial charge in [-0.25, -0.2) is 4.39 Å². The van der Waals surface area contributed by atoms with E-state index in [1.165, 1.54) is 6.07 Å². The van der Waals surface area contributed by atoms with E-state index in [1.54, 1.807) is 25.2 Å². The molecule has 0 aromatic heterocycles. The minimum absolute atomic E-state index is 0.0168. The van der Waals surface area contributed by atoms with Crippen molar-refractivity contribution < 1.29 is 31.9 Å². The second kappa shape index (κ2) is 15.2. The van der Waals surface area contributed by atoms with Crippen LogP contribution in [-0.2, 0) is 19.3 Å². The number of carbonyl (C=O) groups excluding carboxylic acids is 3. The summed E-state index contributed by atoms with van der Waals surface area (Å²) in [5.41, 5.74) is 5.37. The zero-order valence-corrected chi connectivity index (χ0v) is 29.5. The van der Waals surface area contributed by atoms with Crippen molar-refractivity contribution in [3.8, 4) is 0 Å². The lowest BCUT2D eigenvalue weighted by molar-refractivity contribution is -0.141. The molecule has 0 fully saturated rings. The molecule has 3 amide bonds. The molecule has 3 heterocycles. The van der Waals surface area contributed by atoms with E-state index in [-0.39, 0.29) is 23.9 Å². The van der Waals surface area contributed by atoms with Crippen LogP contribution in [0.4, 0.5) is 28.9 Å². The first-order valence-corrected chi connectivity index (χ1v) is 16.5. The van der Waals surface area contributed by atoms with Gasteiger partial charge >= 0.3 is 6.18 Å². The van der Waals surface area contributed by atoms with Crippen LogP contribution in [0.3, 0.4) is 0 Å². The van der Waals surface area contributed by atoms with E-state index in [9.17, 15) is 31.9 Å². The second-order valence-corrected chi connectivity index (χ2v) is 13.2. The van der Waals surface area contributed by atoms with E-state index in [0.29, 0.717) is 35.1 Å². The summed E-state index contributed by atoms with van der Waals surface area (Å²) in [6.45, 7) is 0.197. The number of carbonyl (C=O) groups is 3. The summed E-state index contributed by atoms with van der Waals surface area (Å²) in [5, 5.41) is 11.3. The van der Waals surface area contributed by atoms with Gasteiger partial charge in [-0.3, -0.25) is 14.4 Å². The molecule has 3 aromatic rings. The summed E-state index contributed by atoms with van der Waals surface area (Å²) < 4.78 is 53.0. The smallest absolute Gasteiger partial charge is 0.387 e. The minimum atomic E-state index is -4.37. The van der Waals surface area contributed by atoms with Crippen LogP contribution in [0.25, 0.3) is 0 Å². The highest BCUT2D eigenvalue weighted by Gasteiger charge is 2.36. The molecule has 0 radical (unpaired) electrons. The lowest BCUT2D eigenvalue weighted by Crippen LogP contribution is -2.43. The second-order valence-electron chi connectivity index (χ2n) is 10.5. The van der Waals surface area contributed by atoms with Crippen molar-refractivity contribution in [2.75, 3.05) is 50.9 Å². The monoisotopic (exact) mass is 833 g/mol. The molecule has 0 atom stereocenters. The van der Waals surface area contributed by atoms with E-state index < -0.39 is 24.4 Å². The fraction of sp³-hybridized carbons (Fsp3) is 0.323. The Morgan fingerprint density at radius 1 is 0.717 bits per heavy atom. The van der Waals surface area contributed by atoms with Crippen molar-refractivity contribution in [2.45, 2.75) is 25.4 Å². The zero-order valence-electron chi connectivity index (χ0n) is 24.7. The number of hydrogen-bond acceptors (Lipinski definition) is 5. The molecular weight excluding hydrogens is 806 g/mol. The molecule has 0 bridgehead atoms. The summed E-state index contributed by atoms with van der Waals surface area (Å²) in [6, 6.07) is 10.5. The van der Waals surface area contributed by atoms with E-state index in [0.717, 1.165) is 54.8 Å². The molecule has 15 heteroatoms. The van der Waals surface area contributed by atoms with Gasteiger partial charge in [-0.05, 0) is 72.4 Å². The standard InChI is InChI=1S/C12H12BrF3N2O.C10H11BrN2O.C9H7BrFNO/c1-17-9-5-8(13)4-7-2-3-18(6-12(14,15)16)11(19)10(7)9;1-12-8-5-7(11)4-6-2-3-13-10(14)9(6)8;10-6-3-5-1-2-12-9(13)8(5)7(11)4-6/h4-5,17H,2-3,6H2,1H3;4-5,12H,2-3H2,1H3,(H,13,14);3-4H,1-2H2,(H,12,13). The molecular formula is C31H30Br3F4N5O3. The number of nitrogens with one attached hydrogen (secondary N) is 4. The summed E-state index contributed by atoms with van der Waals surface area (Å²) in [7, 11) is 3.46. The van der Waals surface area contributed by atoms with Gasteiger partial charge in [0, 0.05) is 58.5 Å². The van der Waals surface area contributed by atoms with Crippen molar-refractivity contribution in [1.82, 2.24) is 15.5 Å². The van der Waals surface area contributed by atoms with Gasteiger partial charge in [-0.15, -0.1) is 0 Å². The fourth-order valence-corrected chi connectivity index (χ4v) is 6.88.